The molecule has 0 aliphatic rings. The number of anilines is 1. The first-order valence-corrected chi connectivity index (χ1v) is 4.07. The number of carboxylic acid groups (broad SMARTS) is 1. The molecule has 0 amide bonds. The van der Waals surface area contributed by atoms with Crippen LogP contribution in [0.2, 0.25) is 0 Å². The molecule has 1 aromatic rings. The van der Waals surface area contributed by atoms with Gasteiger partial charge >= 0.3 is 29.6 Å². The molecule has 0 aliphatic heterocycles. The third-order valence-electron chi connectivity index (χ3n) is 1.14. The van der Waals surface area contributed by atoms with Gasteiger partial charge < -0.3 is 20.5 Å². The summed E-state index contributed by atoms with van der Waals surface area (Å²) >= 11 is 1.12. The van der Waals surface area contributed by atoms with Crippen LogP contribution in [0.5, 0.6) is 0 Å². The third-order valence-corrected chi connectivity index (χ3v) is 1.81. The van der Waals surface area contributed by atoms with Gasteiger partial charge in [-0.25, -0.2) is 4.98 Å². The SMILES string of the molecule is CO/N=C(/C(=O)[O-])c1csc(N)n1.[Na+]. The number of nitrogens with two attached hydrogens (primary N) is 1. The van der Waals surface area contributed by atoms with Gasteiger partial charge in [-0.05, 0) is 0 Å². The van der Waals surface area contributed by atoms with Gasteiger partial charge in [0.25, 0.3) is 0 Å². The molecule has 8 heteroatoms. The van der Waals surface area contributed by atoms with Crippen LogP contribution in [-0.4, -0.2) is 23.8 Å². The van der Waals surface area contributed by atoms with Crippen molar-refractivity contribution in [3.8, 4) is 0 Å². The molecular formula is C6H6N3NaO3S. The second-order valence-corrected chi connectivity index (χ2v) is 2.87. The first-order valence-electron chi connectivity index (χ1n) is 3.19. The Morgan fingerprint density at radius 1 is 1.79 bits per heavy atom. The van der Waals surface area contributed by atoms with Crippen molar-refractivity contribution >= 4 is 28.1 Å². The molecule has 14 heavy (non-hydrogen) atoms. The molecule has 0 bridgehead atoms. The second kappa shape index (κ2) is 5.97. The average Bonchev–Trinajstić information content (AvgIpc) is 2.46. The molecule has 0 aromatic carbocycles. The number of carbonyl (C=O) groups is 1. The van der Waals surface area contributed by atoms with E-state index in [9.17, 15) is 9.90 Å². The van der Waals surface area contributed by atoms with Crippen molar-refractivity contribution in [3.63, 3.8) is 0 Å². The fourth-order valence-corrected chi connectivity index (χ4v) is 1.22. The maximum Gasteiger partial charge on any atom is 1.00 e. The number of carbonyl (C=O) groups excluding carboxylic acids is 1. The van der Waals surface area contributed by atoms with Crippen LogP contribution in [0.4, 0.5) is 5.13 Å². The van der Waals surface area contributed by atoms with E-state index in [1.54, 1.807) is 0 Å². The molecular weight excluding hydrogens is 217 g/mol. The quantitative estimate of drug-likeness (QED) is 0.318. The van der Waals surface area contributed by atoms with Crippen molar-refractivity contribution < 1.29 is 44.3 Å². The first-order chi connectivity index (χ1) is 6.15. The zero-order chi connectivity index (χ0) is 9.84. The van der Waals surface area contributed by atoms with Gasteiger partial charge in [0.15, 0.2) is 10.8 Å². The van der Waals surface area contributed by atoms with Crippen molar-refractivity contribution in [1.82, 2.24) is 4.98 Å². The van der Waals surface area contributed by atoms with Crippen molar-refractivity contribution in [2.45, 2.75) is 0 Å². The normalized spacial score (nSPS) is 10.5. The minimum absolute atomic E-state index is 0. The van der Waals surface area contributed by atoms with E-state index in [0.717, 1.165) is 11.3 Å². The molecule has 0 radical (unpaired) electrons. The van der Waals surface area contributed by atoms with Crippen LogP contribution >= 0.6 is 11.3 Å². The molecule has 6 nitrogen and oxygen atoms in total. The molecule has 1 aromatic heterocycles. The first kappa shape index (κ1) is 13.4. The average molecular weight is 223 g/mol. The Morgan fingerprint density at radius 2 is 2.43 bits per heavy atom. The van der Waals surface area contributed by atoms with Gasteiger partial charge in [-0.3, -0.25) is 0 Å². The Kier molecular flexibility index (Phi) is 5.70. The van der Waals surface area contributed by atoms with E-state index in [2.05, 4.69) is 15.0 Å². The largest absolute Gasteiger partial charge is 1.00 e. The third kappa shape index (κ3) is 3.26. The van der Waals surface area contributed by atoms with Gasteiger partial charge in [0, 0.05) is 5.38 Å². The minimum Gasteiger partial charge on any atom is -0.543 e. The molecule has 0 unspecified atom stereocenters. The summed E-state index contributed by atoms with van der Waals surface area (Å²) in [4.78, 5) is 18.5. The Labute approximate surface area is 106 Å². The summed E-state index contributed by atoms with van der Waals surface area (Å²) in [6, 6.07) is 0. The van der Waals surface area contributed by atoms with Crippen LogP contribution < -0.4 is 40.4 Å². The Morgan fingerprint density at radius 3 is 2.79 bits per heavy atom. The smallest absolute Gasteiger partial charge is 0.543 e. The Balaban J connectivity index is 0.00000169. The second-order valence-electron chi connectivity index (χ2n) is 1.98. The zero-order valence-electron chi connectivity index (χ0n) is 7.68. The van der Waals surface area contributed by atoms with Crippen LogP contribution in [0.25, 0.3) is 0 Å². The van der Waals surface area contributed by atoms with Gasteiger partial charge in [0.05, 0.1) is 5.97 Å². The van der Waals surface area contributed by atoms with E-state index in [1.165, 1.54) is 12.5 Å². The van der Waals surface area contributed by atoms with E-state index in [0.29, 0.717) is 0 Å². The van der Waals surface area contributed by atoms with E-state index >= 15 is 0 Å². The molecule has 1 rings (SSSR count). The number of oxime groups is 1. The number of nitrogen functional groups attached to an aromatic ring is 1. The maximum atomic E-state index is 10.5. The number of aliphatic carboxylic acids is 1. The molecule has 0 aliphatic carbocycles. The van der Waals surface area contributed by atoms with Gasteiger partial charge in [-0.15, -0.1) is 11.3 Å². The fraction of sp³-hybridized carbons (Fsp3) is 0.167. The van der Waals surface area contributed by atoms with E-state index in [-0.39, 0.29) is 46.1 Å². The summed E-state index contributed by atoms with van der Waals surface area (Å²) < 4.78 is 0. The number of carboxylic acids is 1. The molecule has 70 valence electrons. The number of nitrogens with zero attached hydrogens (tertiary/aromatic N) is 2. The zero-order valence-corrected chi connectivity index (χ0v) is 10.5. The number of rotatable bonds is 3. The van der Waals surface area contributed by atoms with Crippen molar-refractivity contribution in [2.75, 3.05) is 12.8 Å². The van der Waals surface area contributed by atoms with Gasteiger partial charge in [-0.2, -0.15) is 0 Å². The molecule has 1 heterocycles. The number of thiazole rings is 1. The molecule has 0 saturated heterocycles. The Bertz CT molecular complexity index is 352. The van der Waals surface area contributed by atoms with E-state index < -0.39 is 5.97 Å². The van der Waals surface area contributed by atoms with Gasteiger partial charge in [0.2, 0.25) is 0 Å². The van der Waals surface area contributed by atoms with Gasteiger partial charge in [0.1, 0.15) is 12.8 Å². The van der Waals surface area contributed by atoms with Crippen molar-refractivity contribution in [3.05, 3.63) is 11.1 Å². The Hall–Kier alpha value is -0.630. The number of hydrogen-bond acceptors (Lipinski definition) is 7. The molecule has 0 saturated carbocycles. The summed E-state index contributed by atoms with van der Waals surface area (Å²) in [6.07, 6.45) is 0. The summed E-state index contributed by atoms with van der Waals surface area (Å²) in [5, 5.41) is 15.5. The number of aromatic nitrogens is 1. The van der Waals surface area contributed by atoms with E-state index in [4.69, 9.17) is 5.73 Å². The predicted molar refractivity (Wildman–Crippen MR) is 45.1 cm³/mol. The van der Waals surface area contributed by atoms with Crippen molar-refractivity contribution in [2.24, 2.45) is 5.16 Å². The summed E-state index contributed by atoms with van der Waals surface area (Å²) in [5.41, 5.74) is 5.09. The maximum absolute atomic E-state index is 10.5. The fourth-order valence-electron chi connectivity index (χ4n) is 0.676. The monoisotopic (exact) mass is 223 g/mol. The molecule has 0 atom stereocenters. The molecule has 2 N–H and O–H groups in total. The molecule has 0 spiro atoms. The van der Waals surface area contributed by atoms with E-state index in [1.807, 2.05) is 0 Å². The molecule has 0 fully saturated rings. The minimum atomic E-state index is -1.45. The summed E-state index contributed by atoms with van der Waals surface area (Å²) in [6.45, 7) is 0. The van der Waals surface area contributed by atoms with Crippen LogP contribution in [0.3, 0.4) is 0 Å². The topological polar surface area (TPSA) is 101 Å². The standard InChI is InChI=1S/C6H7N3O3S.Na/c1-12-9-4(5(10)11)3-2-13-6(7)8-3;/h2H,1H3,(H2,7,8)(H,10,11);/q;+1/p-1/b9-4+;. The predicted octanol–water partition coefficient (Wildman–Crippen LogP) is -4.17. The van der Waals surface area contributed by atoms with Crippen LogP contribution in [0.1, 0.15) is 5.69 Å². The number of hydrogen-bond donors (Lipinski definition) is 1. The van der Waals surface area contributed by atoms with Crippen LogP contribution in [0.15, 0.2) is 10.5 Å². The summed E-state index contributed by atoms with van der Waals surface area (Å²) in [7, 11) is 1.23. The van der Waals surface area contributed by atoms with Crippen molar-refractivity contribution in [1.29, 1.82) is 0 Å². The van der Waals surface area contributed by atoms with Gasteiger partial charge in [-0.1, -0.05) is 5.16 Å². The van der Waals surface area contributed by atoms with Crippen LogP contribution in [0, 0.1) is 0 Å². The summed E-state index contributed by atoms with van der Waals surface area (Å²) in [5.74, 6) is -1.45. The van der Waals surface area contributed by atoms with Crippen LogP contribution in [-0.2, 0) is 9.63 Å².